The summed E-state index contributed by atoms with van der Waals surface area (Å²) in [6.45, 7) is 0. The number of hydrogen-bond acceptors (Lipinski definition) is 5. The van der Waals surface area contributed by atoms with E-state index in [4.69, 9.17) is 0 Å². The molecule has 0 bridgehead atoms. The average molecular weight is 298 g/mol. The van der Waals surface area contributed by atoms with Gasteiger partial charge < -0.3 is 15.5 Å². The Morgan fingerprint density at radius 3 is 2.05 bits per heavy atom. The van der Waals surface area contributed by atoms with Crippen molar-refractivity contribution < 1.29 is 19.8 Å². The number of amides is 2. The fourth-order valence-electron chi connectivity index (χ4n) is 2.38. The van der Waals surface area contributed by atoms with E-state index >= 15 is 0 Å². The van der Waals surface area contributed by atoms with Crippen molar-refractivity contribution in [1.82, 2.24) is 0 Å². The molecule has 2 aromatic rings. The minimum atomic E-state index is -0.647. The lowest BCUT2D eigenvalue weighted by atomic mass is 10.2. The first kappa shape index (κ1) is 13.9. The summed E-state index contributed by atoms with van der Waals surface area (Å²) in [4.78, 5) is 25.6. The zero-order chi connectivity index (χ0) is 15.7. The van der Waals surface area contributed by atoms with Gasteiger partial charge in [0.25, 0.3) is 5.91 Å². The topological polar surface area (TPSA) is 89.9 Å². The first-order valence-electron chi connectivity index (χ1n) is 6.76. The lowest BCUT2D eigenvalue weighted by molar-refractivity contribution is -0.121. The van der Waals surface area contributed by atoms with E-state index in [9.17, 15) is 19.8 Å². The molecule has 0 saturated carbocycles. The smallest absolute Gasteiger partial charge is 0.256 e. The van der Waals surface area contributed by atoms with Gasteiger partial charge in [-0.25, -0.2) is 4.90 Å². The minimum Gasteiger partial charge on any atom is -0.508 e. The Balaban J connectivity index is 1.79. The molecule has 3 N–H and O–H groups in total. The van der Waals surface area contributed by atoms with Crippen LogP contribution in [0.5, 0.6) is 11.5 Å². The Bertz CT molecular complexity index is 710. The van der Waals surface area contributed by atoms with Crippen LogP contribution in [-0.4, -0.2) is 28.1 Å². The number of rotatable bonds is 3. The maximum atomic E-state index is 12.4. The highest BCUT2D eigenvalue weighted by Crippen LogP contribution is 2.26. The van der Waals surface area contributed by atoms with Gasteiger partial charge in [0.1, 0.15) is 17.5 Å². The van der Waals surface area contributed by atoms with Crippen molar-refractivity contribution in [3.8, 4) is 11.5 Å². The van der Waals surface area contributed by atoms with Gasteiger partial charge in [0.15, 0.2) is 0 Å². The van der Waals surface area contributed by atoms with Gasteiger partial charge in [-0.15, -0.1) is 0 Å². The quantitative estimate of drug-likeness (QED) is 0.594. The molecule has 1 aliphatic rings. The molecule has 1 heterocycles. The van der Waals surface area contributed by atoms with E-state index < -0.39 is 6.04 Å². The summed E-state index contributed by atoms with van der Waals surface area (Å²) in [6, 6.07) is 11.5. The molecular formula is C16H14N2O4. The monoisotopic (exact) mass is 298 g/mol. The van der Waals surface area contributed by atoms with Crippen LogP contribution in [0.2, 0.25) is 0 Å². The van der Waals surface area contributed by atoms with E-state index in [2.05, 4.69) is 5.32 Å². The largest absolute Gasteiger partial charge is 0.508 e. The molecule has 0 aromatic heterocycles. The Kier molecular flexibility index (Phi) is 3.42. The van der Waals surface area contributed by atoms with E-state index in [1.807, 2.05) is 0 Å². The number of hydrogen-bond donors (Lipinski definition) is 3. The second-order valence-corrected chi connectivity index (χ2v) is 5.03. The Hall–Kier alpha value is -3.02. The van der Waals surface area contributed by atoms with Gasteiger partial charge in [0.2, 0.25) is 5.91 Å². The van der Waals surface area contributed by atoms with Gasteiger partial charge in [-0.3, -0.25) is 9.59 Å². The predicted molar refractivity (Wildman–Crippen MR) is 80.7 cm³/mol. The molecule has 0 unspecified atom stereocenters. The summed E-state index contributed by atoms with van der Waals surface area (Å²) in [5, 5.41) is 21.5. The number of phenolic OH excluding ortho intramolecular Hbond substituents is 2. The summed E-state index contributed by atoms with van der Waals surface area (Å²) in [6.07, 6.45) is 0.0561. The second-order valence-electron chi connectivity index (χ2n) is 5.03. The molecular weight excluding hydrogens is 284 g/mol. The van der Waals surface area contributed by atoms with Crippen LogP contribution in [0.3, 0.4) is 0 Å². The van der Waals surface area contributed by atoms with Gasteiger partial charge in [-0.1, -0.05) is 0 Å². The van der Waals surface area contributed by atoms with Gasteiger partial charge in [0.05, 0.1) is 12.1 Å². The second kappa shape index (κ2) is 5.40. The molecule has 0 aliphatic carbocycles. The zero-order valence-corrected chi connectivity index (χ0v) is 11.6. The van der Waals surface area contributed by atoms with Gasteiger partial charge >= 0.3 is 0 Å². The number of benzene rings is 2. The zero-order valence-electron chi connectivity index (χ0n) is 11.6. The van der Waals surface area contributed by atoms with Crippen molar-refractivity contribution in [3.05, 3.63) is 48.5 Å². The van der Waals surface area contributed by atoms with Crippen molar-refractivity contribution in [1.29, 1.82) is 0 Å². The Labute approximate surface area is 126 Å². The van der Waals surface area contributed by atoms with Crippen molar-refractivity contribution in [2.75, 3.05) is 10.2 Å². The summed E-state index contributed by atoms with van der Waals surface area (Å²) in [5.41, 5.74) is 1.08. The maximum absolute atomic E-state index is 12.4. The molecule has 1 atom stereocenters. The standard InChI is InChI=1S/C16H14N2O4/c19-12-5-1-10(2-6-12)17-14-9-15(21)18(16(14)22)11-3-7-13(20)8-4-11/h1-8,14,17,19-20H,9H2/t14-/m1/s1. The summed E-state index contributed by atoms with van der Waals surface area (Å²) in [5.74, 6) is -0.442. The Morgan fingerprint density at radius 2 is 1.45 bits per heavy atom. The highest BCUT2D eigenvalue weighted by Gasteiger charge is 2.39. The first-order chi connectivity index (χ1) is 10.5. The molecule has 3 rings (SSSR count). The lowest BCUT2D eigenvalue weighted by Crippen LogP contribution is -2.34. The third-order valence-corrected chi connectivity index (χ3v) is 3.46. The molecule has 1 aliphatic heterocycles. The lowest BCUT2D eigenvalue weighted by Gasteiger charge is -2.16. The van der Waals surface area contributed by atoms with Crippen molar-refractivity contribution in [2.45, 2.75) is 12.5 Å². The van der Waals surface area contributed by atoms with Crippen LogP contribution < -0.4 is 10.2 Å². The summed E-state index contributed by atoms with van der Waals surface area (Å²) >= 11 is 0. The molecule has 2 amide bonds. The number of nitrogens with one attached hydrogen (secondary N) is 1. The summed E-state index contributed by atoms with van der Waals surface area (Å²) in [7, 11) is 0. The van der Waals surface area contributed by atoms with E-state index in [0.29, 0.717) is 11.4 Å². The van der Waals surface area contributed by atoms with Crippen LogP contribution in [0.4, 0.5) is 11.4 Å². The predicted octanol–water partition coefficient (Wildman–Crippen LogP) is 1.84. The first-order valence-corrected chi connectivity index (χ1v) is 6.76. The fourth-order valence-corrected chi connectivity index (χ4v) is 2.38. The van der Waals surface area contributed by atoms with Crippen molar-refractivity contribution in [2.24, 2.45) is 0 Å². The van der Waals surface area contributed by atoms with Crippen LogP contribution in [0.1, 0.15) is 6.42 Å². The Morgan fingerprint density at radius 1 is 0.909 bits per heavy atom. The van der Waals surface area contributed by atoms with Crippen LogP contribution >= 0.6 is 0 Å². The number of aromatic hydroxyl groups is 2. The molecule has 0 spiro atoms. The van der Waals surface area contributed by atoms with E-state index in [1.54, 1.807) is 12.1 Å². The molecule has 6 nitrogen and oxygen atoms in total. The number of carbonyl (C=O) groups is 2. The van der Waals surface area contributed by atoms with E-state index in [-0.39, 0.29) is 29.7 Å². The van der Waals surface area contributed by atoms with Crippen molar-refractivity contribution >= 4 is 23.2 Å². The minimum absolute atomic E-state index is 0.0561. The molecule has 0 radical (unpaired) electrons. The van der Waals surface area contributed by atoms with Gasteiger partial charge in [-0.2, -0.15) is 0 Å². The number of imide groups is 1. The molecule has 6 heteroatoms. The number of phenols is 2. The fraction of sp³-hybridized carbons (Fsp3) is 0.125. The average Bonchev–Trinajstić information content (AvgIpc) is 2.77. The number of anilines is 2. The van der Waals surface area contributed by atoms with E-state index in [1.165, 1.54) is 36.4 Å². The highest BCUT2D eigenvalue weighted by molar-refractivity contribution is 6.23. The number of nitrogens with zero attached hydrogens (tertiary/aromatic N) is 1. The molecule has 112 valence electrons. The normalized spacial score (nSPS) is 17.8. The summed E-state index contributed by atoms with van der Waals surface area (Å²) < 4.78 is 0. The molecule has 22 heavy (non-hydrogen) atoms. The highest BCUT2D eigenvalue weighted by atomic mass is 16.3. The third-order valence-electron chi connectivity index (χ3n) is 3.46. The van der Waals surface area contributed by atoms with Crippen LogP contribution in [0.15, 0.2) is 48.5 Å². The molecule has 2 aromatic carbocycles. The van der Waals surface area contributed by atoms with Crippen LogP contribution in [0, 0.1) is 0 Å². The number of carbonyl (C=O) groups excluding carboxylic acids is 2. The third kappa shape index (κ3) is 2.58. The van der Waals surface area contributed by atoms with Crippen LogP contribution in [0.25, 0.3) is 0 Å². The maximum Gasteiger partial charge on any atom is 0.256 e. The van der Waals surface area contributed by atoms with Gasteiger partial charge in [-0.05, 0) is 48.5 Å². The van der Waals surface area contributed by atoms with Crippen molar-refractivity contribution in [3.63, 3.8) is 0 Å². The SMILES string of the molecule is O=C1C[C@@H](Nc2ccc(O)cc2)C(=O)N1c1ccc(O)cc1. The molecule has 1 saturated heterocycles. The molecule has 1 fully saturated rings. The van der Waals surface area contributed by atoms with E-state index in [0.717, 1.165) is 4.90 Å². The van der Waals surface area contributed by atoms with Gasteiger partial charge in [0, 0.05) is 5.69 Å². The van der Waals surface area contributed by atoms with Crippen LogP contribution in [-0.2, 0) is 9.59 Å².